The van der Waals surface area contributed by atoms with Gasteiger partial charge in [-0.1, -0.05) is 29.8 Å². The number of rotatable bonds is 5. The molecule has 0 saturated heterocycles. The Bertz CT molecular complexity index is 871. The van der Waals surface area contributed by atoms with E-state index < -0.39 is 0 Å². The van der Waals surface area contributed by atoms with E-state index in [1.807, 2.05) is 71.0 Å². The lowest BCUT2D eigenvalue weighted by Crippen LogP contribution is -2.31. The van der Waals surface area contributed by atoms with Gasteiger partial charge in [0.05, 0.1) is 18.8 Å². The van der Waals surface area contributed by atoms with E-state index in [0.717, 1.165) is 16.3 Å². The predicted molar refractivity (Wildman–Crippen MR) is 104 cm³/mol. The van der Waals surface area contributed by atoms with Gasteiger partial charge in [-0.3, -0.25) is 9.36 Å². The van der Waals surface area contributed by atoms with Crippen molar-refractivity contribution in [3.8, 4) is 0 Å². The molecule has 0 bridgehead atoms. The molecule has 6 nitrogen and oxygen atoms in total. The Morgan fingerprint density at radius 1 is 1.28 bits per heavy atom. The van der Waals surface area contributed by atoms with E-state index in [1.54, 1.807) is 6.20 Å². The lowest BCUT2D eigenvalue weighted by molar-refractivity contribution is 0.482. The number of nitrogens with one attached hydrogen (secondary N) is 1. The van der Waals surface area contributed by atoms with Crippen LogP contribution in [0.15, 0.2) is 48.8 Å². The molecule has 3 aromatic rings. The quantitative estimate of drug-likeness (QED) is 0.695. The lowest BCUT2D eigenvalue weighted by atomic mass is 10.2. The molecule has 0 spiro atoms. The van der Waals surface area contributed by atoms with Gasteiger partial charge in [0.25, 0.3) is 0 Å². The zero-order chi connectivity index (χ0) is 17.8. The molecule has 0 fully saturated rings. The second-order valence-electron chi connectivity index (χ2n) is 5.72. The third kappa shape index (κ3) is 4.37. The summed E-state index contributed by atoms with van der Waals surface area (Å²) in [5.41, 5.74) is 2.10. The Morgan fingerprint density at radius 3 is 2.80 bits per heavy atom. The van der Waals surface area contributed by atoms with E-state index in [1.165, 1.54) is 0 Å². The maximum absolute atomic E-state index is 6.20. The summed E-state index contributed by atoms with van der Waals surface area (Å²) in [5.74, 6) is 0.703. The fourth-order valence-corrected chi connectivity index (χ4v) is 2.76. The standard InChI is InChI=1S/C17H19ClN6S/c1-22(12-14-7-9-19-23(14)2)17(25)20-16-8-10-24(21-16)11-13-5-3-4-6-15(13)18/h3-10H,11-12H2,1-2H3,(H,20,21,25). The molecule has 25 heavy (non-hydrogen) atoms. The second-order valence-corrected chi connectivity index (χ2v) is 6.52. The van der Waals surface area contributed by atoms with Gasteiger partial charge < -0.3 is 10.2 Å². The highest BCUT2D eigenvalue weighted by atomic mass is 35.5. The molecule has 0 amide bonds. The van der Waals surface area contributed by atoms with Gasteiger partial charge in [-0.25, -0.2) is 0 Å². The van der Waals surface area contributed by atoms with Crippen molar-refractivity contribution >= 4 is 34.7 Å². The molecule has 0 aliphatic carbocycles. The summed E-state index contributed by atoms with van der Waals surface area (Å²) < 4.78 is 3.66. The molecule has 8 heteroatoms. The van der Waals surface area contributed by atoms with E-state index in [0.29, 0.717) is 24.0 Å². The molecule has 3 rings (SSSR count). The van der Waals surface area contributed by atoms with Crippen molar-refractivity contribution in [2.45, 2.75) is 13.1 Å². The third-order valence-electron chi connectivity index (χ3n) is 3.83. The zero-order valence-electron chi connectivity index (χ0n) is 14.1. The highest BCUT2D eigenvalue weighted by Crippen LogP contribution is 2.16. The minimum Gasteiger partial charge on any atom is -0.346 e. The van der Waals surface area contributed by atoms with Gasteiger partial charge in [0, 0.05) is 37.6 Å². The van der Waals surface area contributed by atoms with E-state index in [2.05, 4.69) is 15.5 Å². The second kappa shape index (κ2) is 7.67. The molecular formula is C17H19ClN6S. The van der Waals surface area contributed by atoms with Gasteiger partial charge in [0.15, 0.2) is 10.9 Å². The van der Waals surface area contributed by atoms with Crippen LogP contribution in [0.4, 0.5) is 5.82 Å². The molecule has 2 aromatic heterocycles. The SMILES string of the molecule is CN(Cc1ccnn1C)C(=S)Nc1ccn(Cc2ccccc2Cl)n1. The Hall–Kier alpha value is -2.38. The van der Waals surface area contributed by atoms with Crippen molar-refractivity contribution in [2.24, 2.45) is 7.05 Å². The van der Waals surface area contributed by atoms with Crippen LogP contribution in [0.3, 0.4) is 0 Å². The predicted octanol–water partition coefficient (Wildman–Crippen LogP) is 3.15. The maximum Gasteiger partial charge on any atom is 0.174 e. The number of anilines is 1. The number of aromatic nitrogens is 4. The molecule has 0 atom stereocenters. The minimum absolute atomic E-state index is 0.601. The highest BCUT2D eigenvalue weighted by molar-refractivity contribution is 7.80. The number of nitrogens with zero attached hydrogens (tertiary/aromatic N) is 5. The van der Waals surface area contributed by atoms with E-state index in [9.17, 15) is 0 Å². The molecule has 0 aliphatic rings. The molecule has 130 valence electrons. The maximum atomic E-state index is 6.20. The molecule has 0 saturated carbocycles. The first-order chi connectivity index (χ1) is 12.0. The van der Waals surface area contributed by atoms with Gasteiger partial charge in [-0.05, 0) is 29.9 Å². The van der Waals surface area contributed by atoms with Crippen LogP contribution >= 0.6 is 23.8 Å². The van der Waals surface area contributed by atoms with Crippen LogP contribution in [0.5, 0.6) is 0 Å². The summed E-state index contributed by atoms with van der Waals surface area (Å²) >= 11 is 11.6. The van der Waals surface area contributed by atoms with Crippen LogP contribution in [-0.2, 0) is 20.1 Å². The highest BCUT2D eigenvalue weighted by Gasteiger charge is 2.10. The van der Waals surface area contributed by atoms with Gasteiger partial charge >= 0.3 is 0 Å². The molecule has 0 aliphatic heterocycles. The first-order valence-electron chi connectivity index (χ1n) is 7.79. The largest absolute Gasteiger partial charge is 0.346 e. The first kappa shape index (κ1) is 17.4. The van der Waals surface area contributed by atoms with Gasteiger partial charge in [0.1, 0.15) is 0 Å². The van der Waals surface area contributed by atoms with E-state index in [-0.39, 0.29) is 0 Å². The van der Waals surface area contributed by atoms with Crippen LogP contribution in [0.1, 0.15) is 11.3 Å². The number of aryl methyl sites for hydroxylation is 1. The number of hydrogen-bond donors (Lipinski definition) is 1. The molecule has 2 heterocycles. The molecular weight excluding hydrogens is 356 g/mol. The Balaban J connectivity index is 1.60. The van der Waals surface area contributed by atoms with Gasteiger partial charge in [0.2, 0.25) is 0 Å². The zero-order valence-corrected chi connectivity index (χ0v) is 15.6. The summed E-state index contributed by atoms with van der Waals surface area (Å²) in [4.78, 5) is 1.94. The van der Waals surface area contributed by atoms with Crippen LogP contribution < -0.4 is 5.32 Å². The Labute approximate surface area is 157 Å². The van der Waals surface area contributed by atoms with Crippen molar-refractivity contribution in [3.63, 3.8) is 0 Å². The summed E-state index contributed by atoms with van der Waals surface area (Å²) in [6.45, 7) is 1.28. The topological polar surface area (TPSA) is 50.9 Å². The number of benzene rings is 1. The van der Waals surface area contributed by atoms with Crippen molar-refractivity contribution in [2.75, 3.05) is 12.4 Å². The lowest BCUT2D eigenvalue weighted by Gasteiger charge is -2.20. The number of halogens is 1. The van der Waals surface area contributed by atoms with Crippen LogP contribution in [0.2, 0.25) is 5.02 Å². The monoisotopic (exact) mass is 374 g/mol. The Kier molecular flexibility index (Phi) is 5.35. The van der Waals surface area contributed by atoms with Crippen molar-refractivity contribution in [1.29, 1.82) is 0 Å². The average Bonchev–Trinajstić information content (AvgIpc) is 3.19. The molecule has 1 aromatic carbocycles. The first-order valence-corrected chi connectivity index (χ1v) is 8.57. The molecule has 0 unspecified atom stereocenters. The fraction of sp³-hybridized carbons (Fsp3) is 0.235. The smallest absolute Gasteiger partial charge is 0.174 e. The summed E-state index contributed by atoms with van der Waals surface area (Å²) in [5, 5.41) is 13.2. The van der Waals surface area contributed by atoms with Crippen molar-refractivity contribution in [1.82, 2.24) is 24.5 Å². The number of hydrogen-bond acceptors (Lipinski definition) is 3. The van der Waals surface area contributed by atoms with Crippen molar-refractivity contribution < 1.29 is 0 Å². The van der Waals surface area contributed by atoms with Crippen molar-refractivity contribution in [3.05, 3.63) is 65.1 Å². The van der Waals surface area contributed by atoms with Gasteiger partial charge in [-0.15, -0.1) is 0 Å². The van der Waals surface area contributed by atoms with Crippen LogP contribution in [0, 0.1) is 0 Å². The van der Waals surface area contributed by atoms with Gasteiger partial charge in [-0.2, -0.15) is 10.2 Å². The van der Waals surface area contributed by atoms with E-state index in [4.69, 9.17) is 23.8 Å². The summed E-state index contributed by atoms with van der Waals surface area (Å²) in [7, 11) is 3.85. The Morgan fingerprint density at radius 2 is 2.08 bits per heavy atom. The van der Waals surface area contributed by atoms with E-state index >= 15 is 0 Å². The average molecular weight is 375 g/mol. The third-order valence-corrected chi connectivity index (χ3v) is 4.62. The van der Waals surface area contributed by atoms with Crippen LogP contribution in [0.25, 0.3) is 0 Å². The molecule has 1 N–H and O–H groups in total. The van der Waals surface area contributed by atoms with Crippen LogP contribution in [-0.4, -0.2) is 36.6 Å². The normalized spacial score (nSPS) is 10.7. The molecule has 0 radical (unpaired) electrons. The summed E-state index contributed by atoms with van der Waals surface area (Å²) in [6.07, 6.45) is 3.67. The summed E-state index contributed by atoms with van der Waals surface area (Å²) in [6, 6.07) is 11.6. The number of thiocarbonyl (C=S) groups is 1. The minimum atomic E-state index is 0.601. The fourth-order valence-electron chi connectivity index (χ4n) is 2.39.